The van der Waals surface area contributed by atoms with Gasteiger partial charge in [-0.25, -0.2) is 4.79 Å². The van der Waals surface area contributed by atoms with Gasteiger partial charge in [0.1, 0.15) is 17.8 Å². The first kappa shape index (κ1) is 24.7. The third kappa shape index (κ3) is 5.36. The summed E-state index contributed by atoms with van der Waals surface area (Å²) in [6.45, 7) is -1.57. The molecule has 2 aromatic rings. The molecule has 3 rings (SSSR count). The van der Waals surface area contributed by atoms with Crippen LogP contribution in [0.5, 0.6) is 17.2 Å². The smallest absolute Gasteiger partial charge is 0.387 e. The van der Waals surface area contributed by atoms with Crippen LogP contribution in [0, 0.1) is 0 Å². The fourth-order valence-corrected chi connectivity index (χ4v) is 3.57. The van der Waals surface area contributed by atoms with Crippen LogP contribution in [0.1, 0.15) is 18.1 Å². The second-order valence-corrected chi connectivity index (χ2v) is 7.64. The maximum absolute atomic E-state index is 13.1. The maximum atomic E-state index is 13.1. The first-order valence-electron chi connectivity index (χ1n) is 10.3. The molecule has 0 aromatic heterocycles. The van der Waals surface area contributed by atoms with Crippen molar-refractivity contribution in [3.63, 3.8) is 0 Å². The van der Waals surface area contributed by atoms with Gasteiger partial charge in [0.2, 0.25) is 5.91 Å². The van der Waals surface area contributed by atoms with Crippen molar-refractivity contribution < 1.29 is 37.4 Å². The number of rotatable bonds is 10. The Labute approximate surface area is 195 Å². The Kier molecular flexibility index (Phi) is 7.54. The number of nitrogens with one attached hydrogen (secondary N) is 2. The molecule has 4 amide bonds. The third-order valence-electron chi connectivity index (χ3n) is 5.42. The summed E-state index contributed by atoms with van der Waals surface area (Å²) in [4.78, 5) is 38.8. The molecule has 182 valence electrons. The van der Waals surface area contributed by atoms with E-state index in [1.165, 1.54) is 26.4 Å². The lowest BCUT2D eigenvalue weighted by molar-refractivity contribution is -0.134. The first-order chi connectivity index (χ1) is 16.2. The molecule has 2 N–H and O–H groups in total. The summed E-state index contributed by atoms with van der Waals surface area (Å²) in [5, 5.41) is 5.28. The number of nitrogens with zero attached hydrogens (tertiary/aromatic N) is 1. The number of ether oxygens (including phenoxy) is 3. The topological polar surface area (TPSA) is 106 Å². The average Bonchev–Trinajstić information content (AvgIpc) is 3.03. The van der Waals surface area contributed by atoms with Crippen molar-refractivity contribution >= 4 is 17.8 Å². The quantitative estimate of drug-likeness (QED) is 0.509. The summed E-state index contributed by atoms with van der Waals surface area (Å²) in [7, 11) is 2.94. The Morgan fingerprint density at radius 1 is 1.09 bits per heavy atom. The molecule has 0 saturated carbocycles. The Morgan fingerprint density at radius 2 is 1.76 bits per heavy atom. The zero-order valence-electron chi connectivity index (χ0n) is 18.9. The lowest BCUT2D eigenvalue weighted by Crippen LogP contribution is -2.43. The van der Waals surface area contributed by atoms with E-state index in [-0.39, 0.29) is 12.3 Å². The number of amides is 4. The van der Waals surface area contributed by atoms with E-state index in [1.807, 2.05) is 0 Å². The Balaban J connectivity index is 1.58. The minimum Gasteiger partial charge on any atom is -0.493 e. The number of hydrogen-bond acceptors (Lipinski definition) is 6. The summed E-state index contributed by atoms with van der Waals surface area (Å²) in [6.07, 6.45) is 0.421. The van der Waals surface area contributed by atoms with E-state index in [9.17, 15) is 23.2 Å². The van der Waals surface area contributed by atoms with Gasteiger partial charge >= 0.3 is 12.6 Å². The van der Waals surface area contributed by atoms with Crippen LogP contribution in [0.25, 0.3) is 0 Å². The maximum Gasteiger partial charge on any atom is 0.387 e. The van der Waals surface area contributed by atoms with Crippen LogP contribution in [-0.2, 0) is 21.5 Å². The van der Waals surface area contributed by atoms with E-state index in [1.54, 1.807) is 37.3 Å². The minimum absolute atomic E-state index is 0.0406. The summed E-state index contributed by atoms with van der Waals surface area (Å²) in [6, 6.07) is 10.2. The SMILES string of the molecule is COc1ccc(C2(C)NC(=O)N(CC(=O)NCCc3ccc(OC(F)F)cc3)C2=O)cc1OC. The summed E-state index contributed by atoms with van der Waals surface area (Å²) in [5.41, 5.74) is -0.109. The Morgan fingerprint density at radius 3 is 2.38 bits per heavy atom. The molecule has 0 aliphatic carbocycles. The molecule has 11 heteroatoms. The first-order valence-corrected chi connectivity index (χ1v) is 10.3. The highest BCUT2D eigenvalue weighted by atomic mass is 19.3. The van der Waals surface area contributed by atoms with E-state index in [4.69, 9.17) is 9.47 Å². The zero-order valence-corrected chi connectivity index (χ0v) is 18.9. The number of alkyl halides is 2. The van der Waals surface area contributed by atoms with Gasteiger partial charge in [0.05, 0.1) is 14.2 Å². The Hall–Kier alpha value is -3.89. The lowest BCUT2D eigenvalue weighted by Gasteiger charge is -2.23. The van der Waals surface area contributed by atoms with Crippen molar-refractivity contribution in [2.45, 2.75) is 25.5 Å². The van der Waals surface area contributed by atoms with Crippen LogP contribution in [0.15, 0.2) is 42.5 Å². The molecule has 1 unspecified atom stereocenters. The van der Waals surface area contributed by atoms with Crippen molar-refractivity contribution in [2.75, 3.05) is 27.3 Å². The molecule has 1 aliphatic rings. The predicted molar refractivity (Wildman–Crippen MR) is 117 cm³/mol. The minimum atomic E-state index is -2.90. The molecule has 34 heavy (non-hydrogen) atoms. The average molecular weight is 477 g/mol. The van der Waals surface area contributed by atoms with Gasteiger partial charge in [-0.2, -0.15) is 8.78 Å². The molecule has 9 nitrogen and oxygen atoms in total. The molecule has 1 atom stereocenters. The molecule has 2 aromatic carbocycles. The van der Waals surface area contributed by atoms with Crippen LogP contribution in [-0.4, -0.2) is 56.7 Å². The molecule has 1 aliphatic heterocycles. The summed E-state index contributed by atoms with van der Waals surface area (Å²) in [5.74, 6) is -0.182. The predicted octanol–water partition coefficient (Wildman–Crippen LogP) is 2.43. The number of carbonyl (C=O) groups is 3. The molecule has 0 spiro atoms. The fourth-order valence-electron chi connectivity index (χ4n) is 3.57. The number of hydrogen-bond donors (Lipinski definition) is 2. The highest BCUT2D eigenvalue weighted by Gasteiger charge is 2.49. The van der Waals surface area contributed by atoms with Crippen molar-refractivity contribution in [1.29, 1.82) is 0 Å². The van der Waals surface area contributed by atoms with Crippen LogP contribution < -0.4 is 24.8 Å². The standard InChI is InChI=1S/C23H25F2N3O6/c1-23(15-6-9-17(32-2)18(12-15)33-3)20(30)28(22(31)27-23)13-19(29)26-11-10-14-4-7-16(8-5-14)34-21(24)25/h4-9,12,21H,10-11,13H2,1-3H3,(H,26,29)(H,27,31). The van der Waals surface area contributed by atoms with Crippen LogP contribution in [0.4, 0.5) is 13.6 Å². The van der Waals surface area contributed by atoms with Gasteiger partial charge in [-0.05, 0) is 48.7 Å². The molecular weight excluding hydrogens is 452 g/mol. The monoisotopic (exact) mass is 477 g/mol. The van der Waals surface area contributed by atoms with Crippen molar-refractivity contribution in [3.8, 4) is 17.2 Å². The van der Waals surface area contributed by atoms with Gasteiger partial charge in [0.15, 0.2) is 11.5 Å². The van der Waals surface area contributed by atoms with E-state index >= 15 is 0 Å². The normalized spacial score (nSPS) is 17.5. The molecule has 0 bridgehead atoms. The van der Waals surface area contributed by atoms with Crippen molar-refractivity contribution in [1.82, 2.24) is 15.5 Å². The van der Waals surface area contributed by atoms with Gasteiger partial charge in [-0.1, -0.05) is 18.2 Å². The second-order valence-electron chi connectivity index (χ2n) is 7.64. The van der Waals surface area contributed by atoms with Gasteiger partial charge in [0.25, 0.3) is 5.91 Å². The largest absolute Gasteiger partial charge is 0.493 e. The van der Waals surface area contributed by atoms with Gasteiger partial charge < -0.3 is 24.8 Å². The number of benzene rings is 2. The van der Waals surface area contributed by atoms with Gasteiger partial charge in [-0.15, -0.1) is 0 Å². The number of imide groups is 1. The molecular formula is C23H25F2N3O6. The number of urea groups is 1. The number of carbonyl (C=O) groups excluding carboxylic acids is 3. The Bertz CT molecular complexity index is 1060. The molecule has 1 fully saturated rings. The number of halogens is 2. The van der Waals surface area contributed by atoms with E-state index < -0.39 is 36.5 Å². The zero-order chi connectivity index (χ0) is 24.9. The fraction of sp³-hybridized carbons (Fsp3) is 0.348. The molecule has 1 heterocycles. The lowest BCUT2D eigenvalue weighted by atomic mass is 9.91. The highest BCUT2D eigenvalue weighted by molar-refractivity contribution is 6.09. The van der Waals surface area contributed by atoms with Crippen LogP contribution in [0.2, 0.25) is 0 Å². The van der Waals surface area contributed by atoms with Crippen molar-refractivity contribution in [2.24, 2.45) is 0 Å². The second kappa shape index (κ2) is 10.4. The van der Waals surface area contributed by atoms with Gasteiger partial charge in [0, 0.05) is 6.54 Å². The van der Waals surface area contributed by atoms with Crippen LogP contribution >= 0.6 is 0 Å². The number of methoxy groups -OCH3 is 2. The van der Waals surface area contributed by atoms with E-state index in [2.05, 4.69) is 15.4 Å². The van der Waals surface area contributed by atoms with Crippen LogP contribution in [0.3, 0.4) is 0 Å². The summed E-state index contributed by atoms with van der Waals surface area (Å²) >= 11 is 0. The van der Waals surface area contributed by atoms with E-state index in [0.29, 0.717) is 23.5 Å². The highest BCUT2D eigenvalue weighted by Crippen LogP contribution is 2.35. The van der Waals surface area contributed by atoms with Gasteiger partial charge in [-0.3, -0.25) is 14.5 Å². The van der Waals surface area contributed by atoms with Crippen molar-refractivity contribution in [3.05, 3.63) is 53.6 Å². The summed E-state index contributed by atoms with van der Waals surface area (Å²) < 4.78 is 39.2. The molecule has 0 radical (unpaired) electrons. The third-order valence-corrected chi connectivity index (χ3v) is 5.42. The molecule has 1 saturated heterocycles. The van der Waals surface area contributed by atoms with E-state index in [0.717, 1.165) is 10.5 Å².